The standard InChI is InChI=1S/C6H10O6/c7-1-2-3(8)4(9)5(10)6(11)12-2/h2-5,7-10H,1H2/t2-,3-,4+,5?/m0/s1. The normalized spacial score (nSPS) is 42.5. The van der Waals surface area contributed by atoms with Crippen LogP contribution in [-0.4, -0.2) is 57.4 Å². The molecule has 0 aliphatic carbocycles. The lowest BCUT2D eigenvalue weighted by Crippen LogP contribution is -2.56. The number of aliphatic hydroxyl groups is 4. The van der Waals surface area contributed by atoms with Gasteiger partial charge < -0.3 is 25.2 Å². The molecule has 0 saturated carbocycles. The summed E-state index contributed by atoms with van der Waals surface area (Å²) in [5.41, 5.74) is 0. The molecule has 12 heavy (non-hydrogen) atoms. The van der Waals surface area contributed by atoms with Gasteiger partial charge in [0.25, 0.3) is 0 Å². The van der Waals surface area contributed by atoms with Crippen molar-refractivity contribution in [3.8, 4) is 0 Å². The monoisotopic (exact) mass is 178 g/mol. The Bertz CT molecular complexity index is 179. The van der Waals surface area contributed by atoms with Crippen molar-refractivity contribution in [3.05, 3.63) is 0 Å². The summed E-state index contributed by atoms with van der Waals surface area (Å²) in [7, 11) is 0. The van der Waals surface area contributed by atoms with Crippen LogP contribution in [0.1, 0.15) is 0 Å². The molecule has 1 aliphatic rings. The Kier molecular flexibility index (Phi) is 2.63. The first-order valence-corrected chi connectivity index (χ1v) is 3.43. The highest BCUT2D eigenvalue weighted by atomic mass is 16.6. The van der Waals surface area contributed by atoms with Gasteiger partial charge in [-0.1, -0.05) is 0 Å². The Morgan fingerprint density at radius 2 is 1.83 bits per heavy atom. The average molecular weight is 178 g/mol. The molecule has 1 aliphatic heterocycles. The zero-order chi connectivity index (χ0) is 9.30. The third-order valence-corrected chi connectivity index (χ3v) is 1.74. The number of cyclic esters (lactones) is 1. The molecule has 6 nitrogen and oxygen atoms in total. The zero-order valence-corrected chi connectivity index (χ0v) is 6.12. The van der Waals surface area contributed by atoms with Crippen LogP contribution < -0.4 is 0 Å². The van der Waals surface area contributed by atoms with E-state index in [9.17, 15) is 4.79 Å². The summed E-state index contributed by atoms with van der Waals surface area (Å²) >= 11 is 0. The summed E-state index contributed by atoms with van der Waals surface area (Å²) in [4.78, 5) is 10.7. The summed E-state index contributed by atoms with van der Waals surface area (Å²) in [6.07, 6.45) is -5.93. The van der Waals surface area contributed by atoms with E-state index in [0.29, 0.717) is 0 Å². The Balaban J connectivity index is 2.70. The van der Waals surface area contributed by atoms with Crippen LogP contribution in [0.4, 0.5) is 0 Å². The third kappa shape index (κ3) is 1.42. The molecule has 0 radical (unpaired) electrons. The molecule has 0 aromatic carbocycles. The highest BCUT2D eigenvalue weighted by Gasteiger charge is 2.43. The van der Waals surface area contributed by atoms with Crippen LogP contribution in [0.15, 0.2) is 0 Å². The van der Waals surface area contributed by atoms with Crippen molar-refractivity contribution >= 4 is 5.97 Å². The Labute approximate surface area is 68.0 Å². The minimum Gasteiger partial charge on any atom is -0.455 e. The van der Waals surface area contributed by atoms with E-state index in [-0.39, 0.29) is 0 Å². The highest BCUT2D eigenvalue weighted by molar-refractivity contribution is 5.76. The van der Waals surface area contributed by atoms with Crippen LogP contribution in [0.5, 0.6) is 0 Å². The minimum absolute atomic E-state index is 0.587. The van der Waals surface area contributed by atoms with Gasteiger partial charge >= 0.3 is 5.97 Å². The molecule has 1 fully saturated rings. The highest BCUT2D eigenvalue weighted by Crippen LogP contribution is 2.15. The van der Waals surface area contributed by atoms with Crippen molar-refractivity contribution in [1.82, 2.24) is 0 Å². The average Bonchev–Trinajstić information content (AvgIpc) is 2.08. The molecule has 6 heteroatoms. The van der Waals surface area contributed by atoms with Gasteiger partial charge in [-0.2, -0.15) is 0 Å². The van der Waals surface area contributed by atoms with Gasteiger partial charge in [0.15, 0.2) is 12.2 Å². The fraction of sp³-hybridized carbons (Fsp3) is 0.833. The smallest absolute Gasteiger partial charge is 0.338 e. The summed E-state index contributed by atoms with van der Waals surface area (Å²) in [5.74, 6) is -1.04. The van der Waals surface area contributed by atoms with Crippen LogP contribution in [0.2, 0.25) is 0 Å². The first kappa shape index (κ1) is 9.40. The molecule has 0 spiro atoms. The second-order valence-corrected chi connectivity index (χ2v) is 2.58. The lowest BCUT2D eigenvalue weighted by molar-refractivity contribution is -0.206. The van der Waals surface area contributed by atoms with Gasteiger partial charge in [-0.05, 0) is 0 Å². The Morgan fingerprint density at radius 1 is 1.25 bits per heavy atom. The lowest BCUT2D eigenvalue weighted by atomic mass is 10.0. The van der Waals surface area contributed by atoms with Crippen molar-refractivity contribution in [1.29, 1.82) is 0 Å². The molecule has 0 amide bonds. The zero-order valence-electron chi connectivity index (χ0n) is 6.12. The largest absolute Gasteiger partial charge is 0.455 e. The molecule has 0 aromatic rings. The SMILES string of the molecule is O=C1O[C@@H](CO)[C@H](O)[C@@H](O)C1O. The van der Waals surface area contributed by atoms with Gasteiger partial charge in [-0.25, -0.2) is 4.79 Å². The van der Waals surface area contributed by atoms with Gasteiger partial charge in [0.05, 0.1) is 6.61 Å². The second kappa shape index (κ2) is 3.36. The maximum Gasteiger partial charge on any atom is 0.338 e. The fourth-order valence-corrected chi connectivity index (χ4v) is 0.980. The Hall–Kier alpha value is -0.690. The lowest BCUT2D eigenvalue weighted by Gasteiger charge is -2.32. The number of ether oxygens (including phenoxy) is 1. The summed E-state index contributed by atoms with van der Waals surface area (Å²) in [6.45, 7) is -0.587. The van der Waals surface area contributed by atoms with Crippen molar-refractivity contribution in [2.24, 2.45) is 0 Å². The molecule has 0 aromatic heterocycles. The molecular formula is C6H10O6. The quantitative estimate of drug-likeness (QED) is 0.318. The van der Waals surface area contributed by atoms with E-state index >= 15 is 0 Å². The molecule has 4 N–H and O–H groups in total. The van der Waals surface area contributed by atoms with Gasteiger partial charge in [0, 0.05) is 0 Å². The van der Waals surface area contributed by atoms with Gasteiger partial charge in [0.2, 0.25) is 0 Å². The summed E-state index contributed by atoms with van der Waals surface area (Å²) in [6, 6.07) is 0. The molecule has 1 unspecified atom stereocenters. The van der Waals surface area contributed by atoms with Crippen molar-refractivity contribution in [3.63, 3.8) is 0 Å². The number of aliphatic hydroxyl groups excluding tert-OH is 4. The topological polar surface area (TPSA) is 107 Å². The predicted molar refractivity (Wildman–Crippen MR) is 35.0 cm³/mol. The van der Waals surface area contributed by atoms with E-state index in [1.165, 1.54) is 0 Å². The molecule has 4 atom stereocenters. The van der Waals surface area contributed by atoms with E-state index in [1.54, 1.807) is 0 Å². The number of rotatable bonds is 1. The fourth-order valence-electron chi connectivity index (χ4n) is 0.980. The van der Waals surface area contributed by atoms with Crippen molar-refractivity contribution in [2.75, 3.05) is 6.61 Å². The van der Waals surface area contributed by atoms with Gasteiger partial charge in [0.1, 0.15) is 12.2 Å². The van der Waals surface area contributed by atoms with E-state index in [0.717, 1.165) is 0 Å². The number of hydrogen-bond donors (Lipinski definition) is 4. The summed E-state index contributed by atoms with van der Waals surface area (Å²) in [5, 5.41) is 35.5. The Morgan fingerprint density at radius 3 is 2.33 bits per heavy atom. The maximum atomic E-state index is 10.7. The molecule has 70 valence electrons. The molecular weight excluding hydrogens is 168 g/mol. The maximum absolute atomic E-state index is 10.7. The molecule has 1 heterocycles. The first-order valence-electron chi connectivity index (χ1n) is 3.43. The van der Waals surface area contributed by atoms with Crippen LogP contribution in [-0.2, 0) is 9.53 Å². The number of esters is 1. The third-order valence-electron chi connectivity index (χ3n) is 1.74. The van der Waals surface area contributed by atoms with Gasteiger partial charge in [-0.3, -0.25) is 0 Å². The number of carbonyl (C=O) groups excluding carboxylic acids is 1. The molecule has 0 bridgehead atoms. The van der Waals surface area contributed by atoms with E-state index in [1.807, 2.05) is 0 Å². The number of carbonyl (C=O) groups is 1. The van der Waals surface area contributed by atoms with Crippen LogP contribution >= 0.6 is 0 Å². The van der Waals surface area contributed by atoms with Crippen molar-refractivity contribution in [2.45, 2.75) is 24.4 Å². The van der Waals surface area contributed by atoms with Crippen LogP contribution in [0.25, 0.3) is 0 Å². The predicted octanol–water partition coefficient (Wildman–Crippen LogP) is -3.01. The van der Waals surface area contributed by atoms with E-state index < -0.39 is 37.0 Å². The van der Waals surface area contributed by atoms with Gasteiger partial charge in [-0.15, -0.1) is 0 Å². The van der Waals surface area contributed by atoms with Crippen molar-refractivity contribution < 1.29 is 30.0 Å². The first-order chi connectivity index (χ1) is 5.57. The molecule has 1 rings (SSSR count). The summed E-state index contributed by atoms with van der Waals surface area (Å²) < 4.78 is 4.38. The van der Waals surface area contributed by atoms with E-state index in [2.05, 4.69) is 4.74 Å². The molecule has 1 saturated heterocycles. The second-order valence-electron chi connectivity index (χ2n) is 2.58. The van der Waals surface area contributed by atoms with E-state index in [4.69, 9.17) is 20.4 Å². The van der Waals surface area contributed by atoms with Crippen LogP contribution in [0.3, 0.4) is 0 Å². The van der Waals surface area contributed by atoms with Crippen LogP contribution in [0, 0.1) is 0 Å². The minimum atomic E-state index is -1.73. The number of hydrogen-bond acceptors (Lipinski definition) is 6.